The van der Waals surface area contributed by atoms with Crippen LogP contribution in [0.5, 0.6) is 5.75 Å². The largest absolute Gasteiger partial charge is 0.481 e. The zero-order valence-electron chi connectivity index (χ0n) is 14.1. The van der Waals surface area contributed by atoms with Crippen molar-refractivity contribution in [2.75, 3.05) is 19.7 Å². The summed E-state index contributed by atoms with van der Waals surface area (Å²) < 4.78 is 24.5. The molecular weight excluding hydrogens is 337 g/mol. The number of halogens is 1. The number of amides is 1. The first kappa shape index (κ1) is 16.6. The fraction of sp³-hybridized carbons (Fsp3) is 0.300. The van der Waals surface area contributed by atoms with E-state index in [9.17, 15) is 14.0 Å². The van der Waals surface area contributed by atoms with E-state index >= 15 is 0 Å². The van der Waals surface area contributed by atoms with Gasteiger partial charge in [-0.2, -0.15) is 0 Å². The summed E-state index contributed by atoms with van der Waals surface area (Å²) >= 11 is 0. The van der Waals surface area contributed by atoms with E-state index in [4.69, 9.17) is 9.47 Å². The van der Waals surface area contributed by atoms with Crippen molar-refractivity contribution in [3.63, 3.8) is 0 Å². The normalized spacial score (nSPS) is 17.7. The number of fused-ring (bicyclic) bond motifs is 2. The monoisotopic (exact) mass is 355 g/mol. The molecule has 0 bridgehead atoms. The zero-order valence-corrected chi connectivity index (χ0v) is 14.1. The number of carbonyl (C=O) groups is 2. The lowest BCUT2D eigenvalue weighted by atomic mass is 9.84. The number of likely N-dealkylation sites (tertiary alicyclic amines) is 1. The van der Waals surface area contributed by atoms with Gasteiger partial charge in [0, 0.05) is 31.5 Å². The number of rotatable bonds is 3. The molecule has 0 radical (unpaired) electrons. The average Bonchev–Trinajstić information content (AvgIpc) is 2.94. The van der Waals surface area contributed by atoms with Gasteiger partial charge in [0.2, 0.25) is 0 Å². The van der Waals surface area contributed by atoms with Crippen LogP contribution in [0.4, 0.5) is 4.39 Å². The van der Waals surface area contributed by atoms with E-state index in [0.29, 0.717) is 31.5 Å². The van der Waals surface area contributed by atoms with E-state index < -0.39 is 11.4 Å². The molecule has 0 atom stereocenters. The number of esters is 1. The Kier molecular flexibility index (Phi) is 4.11. The van der Waals surface area contributed by atoms with Crippen LogP contribution < -0.4 is 4.74 Å². The van der Waals surface area contributed by atoms with Gasteiger partial charge in [0.25, 0.3) is 5.91 Å². The fourth-order valence-electron chi connectivity index (χ4n) is 3.63. The first-order chi connectivity index (χ1) is 12.6. The first-order valence-corrected chi connectivity index (χ1v) is 8.57. The Bertz CT molecular complexity index is 858. The molecule has 1 saturated heterocycles. The average molecular weight is 355 g/mol. The highest BCUT2D eigenvalue weighted by Crippen LogP contribution is 2.43. The van der Waals surface area contributed by atoms with Crippen LogP contribution >= 0.6 is 0 Å². The van der Waals surface area contributed by atoms with Gasteiger partial charge < -0.3 is 14.4 Å². The molecule has 2 aliphatic rings. The van der Waals surface area contributed by atoms with Gasteiger partial charge in [-0.15, -0.1) is 0 Å². The van der Waals surface area contributed by atoms with Crippen molar-refractivity contribution >= 4 is 11.9 Å². The van der Waals surface area contributed by atoms with Crippen molar-refractivity contribution < 1.29 is 23.5 Å². The molecule has 6 heteroatoms. The van der Waals surface area contributed by atoms with Gasteiger partial charge in [-0.25, -0.2) is 9.18 Å². The van der Waals surface area contributed by atoms with E-state index in [0.717, 1.165) is 5.56 Å². The summed E-state index contributed by atoms with van der Waals surface area (Å²) in [5.74, 6) is -0.940. The SMILES string of the molecule is O=C1OC2(CCN(C(=O)COc3ccccc3F)CC2)c2ccccc21. The number of hydrogen-bond donors (Lipinski definition) is 0. The Morgan fingerprint density at radius 3 is 2.58 bits per heavy atom. The molecule has 134 valence electrons. The molecule has 0 unspecified atom stereocenters. The van der Waals surface area contributed by atoms with Gasteiger partial charge in [0.1, 0.15) is 5.60 Å². The predicted molar refractivity (Wildman–Crippen MR) is 91.2 cm³/mol. The van der Waals surface area contributed by atoms with Crippen LogP contribution in [-0.2, 0) is 15.1 Å². The van der Waals surface area contributed by atoms with Crippen LogP contribution in [0, 0.1) is 5.82 Å². The first-order valence-electron chi connectivity index (χ1n) is 8.57. The third-order valence-corrected chi connectivity index (χ3v) is 5.04. The Morgan fingerprint density at radius 2 is 1.81 bits per heavy atom. The number of piperidine rings is 1. The summed E-state index contributed by atoms with van der Waals surface area (Å²) in [6.07, 6.45) is 1.09. The molecule has 0 aliphatic carbocycles. The predicted octanol–water partition coefficient (Wildman–Crippen LogP) is 2.89. The summed E-state index contributed by atoms with van der Waals surface area (Å²) in [6, 6.07) is 13.4. The molecule has 5 nitrogen and oxygen atoms in total. The van der Waals surface area contributed by atoms with Crippen LogP contribution in [0.15, 0.2) is 48.5 Å². The summed E-state index contributed by atoms with van der Waals surface area (Å²) in [5.41, 5.74) is 0.867. The lowest BCUT2D eigenvalue weighted by Crippen LogP contribution is -2.46. The number of para-hydroxylation sites is 1. The van der Waals surface area contributed by atoms with Crippen LogP contribution in [0.3, 0.4) is 0 Å². The van der Waals surface area contributed by atoms with E-state index in [1.54, 1.807) is 23.1 Å². The second-order valence-electron chi connectivity index (χ2n) is 6.53. The van der Waals surface area contributed by atoms with Crippen LogP contribution in [0.1, 0.15) is 28.8 Å². The third kappa shape index (κ3) is 2.81. The highest BCUT2D eigenvalue weighted by Gasteiger charge is 2.47. The minimum Gasteiger partial charge on any atom is -0.481 e. The van der Waals surface area contributed by atoms with Crippen molar-refractivity contribution in [3.05, 3.63) is 65.5 Å². The Morgan fingerprint density at radius 1 is 1.12 bits per heavy atom. The van der Waals surface area contributed by atoms with Crippen molar-refractivity contribution in [3.8, 4) is 5.75 Å². The minimum atomic E-state index is -0.642. The van der Waals surface area contributed by atoms with Gasteiger partial charge in [0.05, 0.1) is 5.56 Å². The van der Waals surface area contributed by atoms with E-state index in [1.807, 2.05) is 18.2 Å². The van der Waals surface area contributed by atoms with Crippen LogP contribution in [0.2, 0.25) is 0 Å². The molecule has 26 heavy (non-hydrogen) atoms. The maximum absolute atomic E-state index is 13.6. The molecule has 0 saturated carbocycles. The summed E-state index contributed by atoms with van der Waals surface area (Å²) in [7, 11) is 0. The molecule has 2 aliphatic heterocycles. The Balaban J connectivity index is 1.39. The molecule has 1 amide bonds. The molecular formula is C20H18FNO4. The molecule has 2 heterocycles. The van der Waals surface area contributed by atoms with E-state index in [2.05, 4.69) is 0 Å². The highest BCUT2D eigenvalue weighted by molar-refractivity contribution is 5.94. The fourth-order valence-corrected chi connectivity index (χ4v) is 3.63. The maximum Gasteiger partial charge on any atom is 0.339 e. The number of carbonyl (C=O) groups excluding carboxylic acids is 2. The summed E-state index contributed by atoms with van der Waals surface area (Å²) in [5, 5.41) is 0. The molecule has 4 rings (SSSR count). The second kappa shape index (κ2) is 6.44. The van der Waals surface area contributed by atoms with Gasteiger partial charge in [0.15, 0.2) is 18.2 Å². The van der Waals surface area contributed by atoms with E-state index in [-0.39, 0.29) is 24.2 Å². The maximum atomic E-state index is 13.6. The highest BCUT2D eigenvalue weighted by atomic mass is 19.1. The number of ether oxygens (including phenoxy) is 2. The molecule has 2 aromatic carbocycles. The topological polar surface area (TPSA) is 55.8 Å². The Hall–Kier alpha value is -2.89. The lowest BCUT2D eigenvalue weighted by Gasteiger charge is -2.38. The van der Waals surface area contributed by atoms with Crippen LogP contribution in [-0.4, -0.2) is 36.5 Å². The van der Waals surface area contributed by atoms with Crippen molar-refractivity contribution in [2.24, 2.45) is 0 Å². The molecule has 0 N–H and O–H groups in total. The lowest BCUT2D eigenvalue weighted by molar-refractivity contribution is -0.137. The zero-order chi connectivity index (χ0) is 18.1. The standard InChI is InChI=1S/C20H18FNO4/c21-16-7-3-4-8-17(16)25-13-18(23)22-11-9-20(10-12-22)15-6-2-1-5-14(15)19(24)26-20/h1-8H,9-13H2. The number of benzene rings is 2. The van der Waals surface area contributed by atoms with Gasteiger partial charge in [-0.05, 0) is 18.2 Å². The quantitative estimate of drug-likeness (QED) is 0.795. The smallest absolute Gasteiger partial charge is 0.339 e. The molecule has 0 aromatic heterocycles. The summed E-state index contributed by atoms with van der Waals surface area (Å²) in [6.45, 7) is 0.701. The minimum absolute atomic E-state index is 0.0629. The van der Waals surface area contributed by atoms with Crippen molar-refractivity contribution in [1.82, 2.24) is 4.90 Å². The van der Waals surface area contributed by atoms with Gasteiger partial charge in [-0.1, -0.05) is 30.3 Å². The van der Waals surface area contributed by atoms with Gasteiger partial charge in [-0.3, -0.25) is 4.79 Å². The van der Waals surface area contributed by atoms with Gasteiger partial charge >= 0.3 is 5.97 Å². The number of hydrogen-bond acceptors (Lipinski definition) is 4. The number of nitrogens with zero attached hydrogens (tertiary/aromatic N) is 1. The molecule has 1 fully saturated rings. The second-order valence-corrected chi connectivity index (χ2v) is 6.53. The molecule has 2 aromatic rings. The Labute approximate surface area is 150 Å². The summed E-state index contributed by atoms with van der Waals surface area (Å²) in [4.78, 5) is 26.1. The van der Waals surface area contributed by atoms with E-state index in [1.165, 1.54) is 12.1 Å². The van der Waals surface area contributed by atoms with Crippen molar-refractivity contribution in [1.29, 1.82) is 0 Å². The van der Waals surface area contributed by atoms with Crippen molar-refractivity contribution in [2.45, 2.75) is 18.4 Å². The third-order valence-electron chi connectivity index (χ3n) is 5.04. The molecule has 1 spiro atoms. The van der Waals surface area contributed by atoms with Crippen LogP contribution in [0.25, 0.3) is 0 Å².